The summed E-state index contributed by atoms with van der Waals surface area (Å²) in [5.41, 5.74) is 0.633. The van der Waals surface area contributed by atoms with E-state index in [0.29, 0.717) is 17.3 Å². The molecule has 1 amide bonds. The SMILES string of the molecule is CC(CBr)CCCNC(=O)c1snnc1C(C)(C)C. The molecule has 1 heterocycles. The first-order chi connectivity index (χ1) is 8.86. The predicted molar refractivity (Wildman–Crippen MR) is 83.1 cm³/mol. The number of halogens is 1. The van der Waals surface area contributed by atoms with E-state index in [1.54, 1.807) is 0 Å². The summed E-state index contributed by atoms with van der Waals surface area (Å²) in [6.45, 7) is 9.02. The van der Waals surface area contributed by atoms with Crippen LogP contribution in [0.5, 0.6) is 0 Å². The second kappa shape index (κ2) is 7.33. The molecular formula is C13H22BrN3OS. The lowest BCUT2D eigenvalue weighted by molar-refractivity contribution is 0.0954. The third-order valence-electron chi connectivity index (χ3n) is 2.83. The number of hydrogen-bond donors (Lipinski definition) is 1. The summed E-state index contributed by atoms with van der Waals surface area (Å²) in [6.07, 6.45) is 2.11. The van der Waals surface area contributed by atoms with Crippen LogP contribution in [-0.4, -0.2) is 27.4 Å². The number of nitrogens with one attached hydrogen (secondary N) is 1. The maximum absolute atomic E-state index is 12.1. The Morgan fingerprint density at radius 3 is 2.74 bits per heavy atom. The quantitative estimate of drug-likeness (QED) is 0.633. The van der Waals surface area contributed by atoms with E-state index < -0.39 is 0 Å². The van der Waals surface area contributed by atoms with Gasteiger partial charge in [0.15, 0.2) is 0 Å². The van der Waals surface area contributed by atoms with Gasteiger partial charge in [-0.05, 0) is 30.3 Å². The monoisotopic (exact) mass is 347 g/mol. The molecular weight excluding hydrogens is 326 g/mol. The average Bonchev–Trinajstić information content (AvgIpc) is 2.82. The van der Waals surface area contributed by atoms with Crippen LogP contribution in [0.4, 0.5) is 0 Å². The first kappa shape index (κ1) is 16.6. The van der Waals surface area contributed by atoms with Gasteiger partial charge in [0, 0.05) is 17.3 Å². The van der Waals surface area contributed by atoms with E-state index >= 15 is 0 Å². The number of rotatable bonds is 6. The van der Waals surface area contributed by atoms with E-state index in [1.165, 1.54) is 11.5 Å². The molecule has 0 bridgehead atoms. The van der Waals surface area contributed by atoms with Gasteiger partial charge in [0.05, 0.1) is 5.69 Å². The first-order valence-corrected chi connectivity index (χ1v) is 8.42. The highest BCUT2D eigenvalue weighted by atomic mass is 79.9. The molecule has 0 fully saturated rings. The van der Waals surface area contributed by atoms with Crippen molar-refractivity contribution in [2.24, 2.45) is 5.92 Å². The zero-order chi connectivity index (χ0) is 14.5. The zero-order valence-corrected chi connectivity index (χ0v) is 14.4. The van der Waals surface area contributed by atoms with Gasteiger partial charge in [0.1, 0.15) is 4.88 Å². The van der Waals surface area contributed by atoms with Crippen molar-refractivity contribution >= 4 is 33.4 Å². The third kappa shape index (κ3) is 5.18. The summed E-state index contributed by atoms with van der Waals surface area (Å²) >= 11 is 4.63. The fourth-order valence-electron chi connectivity index (χ4n) is 1.64. The lowest BCUT2D eigenvalue weighted by atomic mass is 9.91. The summed E-state index contributed by atoms with van der Waals surface area (Å²) in [7, 11) is 0. The number of hydrogen-bond acceptors (Lipinski definition) is 4. The Bertz CT molecular complexity index is 414. The molecule has 0 aliphatic carbocycles. The molecule has 6 heteroatoms. The summed E-state index contributed by atoms with van der Waals surface area (Å²) < 4.78 is 3.90. The van der Waals surface area contributed by atoms with Crippen LogP contribution in [0.15, 0.2) is 0 Å². The Hall–Kier alpha value is -0.490. The van der Waals surface area contributed by atoms with Gasteiger partial charge in [-0.2, -0.15) is 0 Å². The maximum Gasteiger partial charge on any atom is 0.264 e. The summed E-state index contributed by atoms with van der Waals surface area (Å²) in [6, 6.07) is 0. The van der Waals surface area contributed by atoms with E-state index in [2.05, 4.69) is 37.8 Å². The van der Waals surface area contributed by atoms with Crippen LogP contribution in [0.2, 0.25) is 0 Å². The van der Waals surface area contributed by atoms with Crippen molar-refractivity contribution in [3.8, 4) is 0 Å². The Morgan fingerprint density at radius 2 is 2.16 bits per heavy atom. The number of carbonyl (C=O) groups excluding carboxylic acids is 1. The molecule has 0 aliphatic rings. The van der Waals surface area contributed by atoms with Crippen molar-refractivity contribution in [3.05, 3.63) is 10.6 Å². The average molecular weight is 348 g/mol. The molecule has 0 aliphatic heterocycles. The number of aromatic nitrogens is 2. The maximum atomic E-state index is 12.1. The highest BCUT2D eigenvalue weighted by Gasteiger charge is 2.25. The molecule has 1 unspecified atom stereocenters. The summed E-state index contributed by atoms with van der Waals surface area (Å²) in [4.78, 5) is 12.7. The highest BCUT2D eigenvalue weighted by molar-refractivity contribution is 9.09. The summed E-state index contributed by atoms with van der Waals surface area (Å²) in [5, 5.41) is 8.04. The smallest absolute Gasteiger partial charge is 0.264 e. The predicted octanol–water partition coefficient (Wildman–Crippen LogP) is 3.38. The molecule has 1 rings (SSSR count). The van der Waals surface area contributed by atoms with E-state index in [-0.39, 0.29) is 11.3 Å². The van der Waals surface area contributed by atoms with Gasteiger partial charge < -0.3 is 5.32 Å². The number of nitrogens with zero attached hydrogens (tertiary/aromatic N) is 2. The van der Waals surface area contributed by atoms with Crippen molar-refractivity contribution in [2.75, 3.05) is 11.9 Å². The summed E-state index contributed by atoms with van der Waals surface area (Å²) in [5.74, 6) is 0.596. The topological polar surface area (TPSA) is 54.9 Å². The van der Waals surface area contributed by atoms with Gasteiger partial charge in [0.2, 0.25) is 0 Å². The van der Waals surface area contributed by atoms with Crippen molar-refractivity contribution in [1.82, 2.24) is 14.9 Å². The van der Waals surface area contributed by atoms with Gasteiger partial charge in [-0.3, -0.25) is 4.79 Å². The van der Waals surface area contributed by atoms with Crippen LogP contribution in [0.3, 0.4) is 0 Å². The molecule has 0 saturated heterocycles. The van der Waals surface area contributed by atoms with E-state index in [9.17, 15) is 4.79 Å². The second-order valence-electron chi connectivity index (χ2n) is 5.86. The molecule has 0 radical (unpaired) electrons. The molecule has 1 aromatic rings. The molecule has 1 N–H and O–H groups in total. The Kier molecular flexibility index (Phi) is 6.39. The molecule has 19 heavy (non-hydrogen) atoms. The van der Waals surface area contributed by atoms with Crippen LogP contribution >= 0.6 is 27.5 Å². The van der Waals surface area contributed by atoms with Crippen molar-refractivity contribution in [1.29, 1.82) is 0 Å². The molecule has 4 nitrogen and oxygen atoms in total. The van der Waals surface area contributed by atoms with Crippen LogP contribution < -0.4 is 5.32 Å². The highest BCUT2D eigenvalue weighted by Crippen LogP contribution is 2.25. The zero-order valence-electron chi connectivity index (χ0n) is 12.0. The third-order valence-corrected chi connectivity index (χ3v) is 4.66. The van der Waals surface area contributed by atoms with Crippen LogP contribution in [0.25, 0.3) is 0 Å². The van der Waals surface area contributed by atoms with E-state index in [4.69, 9.17) is 0 Å². The van der Waals surface area contributed by atoms with Gasteiger partial charge in [-0.1, -0.05) is 48.1 Å². The number of alkyl halides is 1. The first-order valence-electron chi connectivity index (χ1n) is 6.53. The fraction of sp³-hybridized carbons (Fsp3) is 0.769. The fourth-order valence-corrected chi connectivity index (χ4v) is 2.76. The van der Waals surface area contributed by atoms with Crippen LogP contribution in [0, 0.1) is 5.92 Å². The molecule has 0 spiro atoms. The van der Waals surface area contributed by atoms with Gasteiger partial charge >= 0.3 is 0 Å². The van der Waals surface area contributed by atoms with Gasteiger partial charge in [0.25, 0.3) is 5.91 Å². The largest absolute Gasteiger partial charge is 0.351 e. The minimum Gasteiger partial charge on any atom is -0.351 e. The van der Waals surface area contributed by atoms with Crippen LogP contribution in [-0.2, 0) is 5.41 Å². The second-order valence-corrected chi connectivity index (χ2v) is 7.26. The standard InChI is InChI=1S/C13H22BrN3OS/c1-9(8-14)6-5-7-15-12(18)10-11(13(2,3)4)16-17-19-10/h9H,5-8H2,1-4H3,(H,15,18). The van der Waals surface area contributed by atoms with Crippen molar-refractivity contribution < 1.29 is 4.79 Å². The molecule has 0 aromatic carbocycles. The Morgan fingerprint density at radius 1 is 1.47 bits per heavy atom. The molecule has 108 valence electrons. The molecule has 0 saturated carbocycles. The van der Waals surface area contributed by atoms with Crippen molar-refractivity contribution in [3.63, 3.8) is 0 Å². The minimum atomic E-state index is -0.149. The van der Waals surface area contributed by atoms with Gasteiger partial charge in [-0.25, -0.2) is 0 Å². The van der Waals surface area contributed by atoms with Gasteiger partial charge in [-0.15, -0.1) is 5.10 Å². The number of amides is 1. The molecule has 1 atom stereocenters. The van der Waals surface area contributed by atoms with E-state index in [0.717, 1.165) is 23.9 Å². The Balaban J connectivity index is 2.49. The van der Waals surface area contributed by atoms with Crippen molar-refractivity contribution in [2.45, 2.75) is 46.0 Å². The van der Waals surface area contributed by atoms with Crippen LogP contribution in [0.1, 0.15) is 55.9 Å². The Labute approximate surface area is 127 Å². The van der Waals surface area contributed by atoms with E-state index in [1.807, 2.05) is 20.8 Å². The normalized spacial score (nSPS) is 13.3. The lowest BCUT2D eigenvalue weighted by Gasteiger charge is -2.16. The minimum absolute atomic E-state index is 0.0496. The number of carbonyl (C=O) groups is 1. The lowest BCUT2D eigenvalue weighted by Crippen LogP contribution is -2.27. The molecule has 1 aromatic heterocycles.